The third-order valence-electron chi connectivity index (χ3n) is 4.99. The first-order chi connectivity index (χ1) is 13.4. The van der Waals surface area contributed by atoms with Crippen molar-refractivity contribution in [2.24, 2.45) is 5.73 Å². The van der Waals surface area contributed by atoms with E-state index in [0.717, 1.165) is 16.6 Å². The molecule has 1 aromatic heterocycles. The van der Waals surface area contributed by atoms with Gasteiger partial charge in [-0.3, -0.25) is 9.59 Å². The number of hydrogen-bond donors (Lipinski definition) is 2. The lowest BCUT2D eigenvalue weighted by Gasteiger charge is -2.36. The highest BCUT2D eigenvalue weighted by molar-refractivity contribution is 6.39. The molecule has 3 N–H and O–H groups in total. The molecule has 1 aliphatic rings. The average Bonchev–Trinajstić information content (AvgIpc) is 3.03. The topological polar surface area (TPSA) is 82.4 Å². The molecule has 3 aromatic rings. The molecular weight excluding hydrogens is 399 g/mol. The van der Waals surface area contributed by atoms with E-state index >= 15 is 0 Å². The van der Waals surface area contributed by atoms with Crippen molar-refractivity contribution in [3.05, 3.63) is 63.8 Å². The van der Waals surface area contributed by atoms with Crippen molar-refractivity contribution < 1.29 is 9.59 Å². The van der Waals surface area contributed by atoms with Gasteiger partial charge in [0.2, 0.25) is 5.91 Å². The number of benzene rings is 2. The van der Waals surface area contributed by atoms with Crippen LogP contribution in [-0.2, 0) is 0 Å². The molecule has 4 rings (SSSR count). The van der Waals surface area contributed by atoms with E-state index in [-0.39, 0.29) is 5.91 Å². The van der Waals surface area contributed by atoms with Crippen LogP contribution in [0.5, 0.6) is 0 Å². The zero-order valence-electron chi connectivity index (χ0n) is 14.9. The highest BCUT2D eigenvalue weighted by Gasteiger charge is 2.26. The summed E-state index contributed by atoms with van der Waals surface area (Å²) in [5, 5.41) is 1.71. The van der Waals surface area contributed by atoms with E-state index in [1.807, 2.05) is 18.2 Å². The van der Waals surface area contributed by atoms with Gasteiger partial charge in [-0.1, -0.05) is 23.2 Å². The summed E-state index contributed by atoms with van der Waals surface area (Å²) in [6.07, 6.45) is 0. The van der Waals surface area contributed by atoms with Crippen LogP contribution in [-0.4, -0.2) is 47.9 Å². The molecule has 0 aliphatic carbocycles. The molecule has 0 bridgehead atoms. The Hall–Kier alpha value is -2.70. The number of aromatic nitrogens is 1. The summed E-state index contributed by atoms with van der Waals surface area (Å²) in [5.74, 6) is -0.570. The molecule has 6 nitrogen and oxygen atoms in total. The number of nitrogens with one attached hydrogen (secondary N) is 1. The lowest BCUT2D eigenvalue weighted by molar-refractivity contribution is 0.0741. The summed E-state index contributed by atoms with van der Waals surface area (Å²) in [6.45, 7) is 2.52. The Bertz CT molecular complexity index is 1050. The van der Waals surface area contributed by atoms with Gasteiger partial charge in [0.15, 0.2) is 0 Å². The van der Waals surface area contributed by atoms with E-state index in [1.54, 1.807) is 29.2 Å². The molecule has 0 spiro atoms. The zero-order valence-corrected chi connectivity index (χ0v) is 16.4. The zero-order chi connectivity index (χ0) is 19.8. The fourth-order valence-corrected chi connectivity index (χ4v) is 3.90. The third kappa shape index (κ3) is 3.41. The smallest absolute Gasteiger partial charge is 0.271 e. The van der Waals surface area contributed by atoms with Crippen molar-refractivity contribution >= 4 is 51.6 Å². The molecule has 28 heavy (non-hydrogen) atoms. The van der Waals surface area contributed by atoms with E-state index in [2.05, 4.69) is 9.88 Å². The minimum absolute atomic E-state index is 0.124. The number of hydrogen-bond acceptors (Lipinski definition) is 3. The van der Waals surface area contributed by atoms with Crippen molar-refractivity contribution in [3.63, 3.8) is 0 Å². The third-order valence-corrected chi connectivity index (χ3v) is 5.62. The van der Waals surface area contributed by atoms with Gasteiger partial charge in [-0.2, -0.15) is 0 Å². The summed E-state index contributed by atoms with van der Waals surface area (Å²) in [4.78, 5) is 31.2. The largest absolute Gasteiger partial charge is 0.368 e. The number of rotatable bonds is 3. The summed E-state index contributed by atoms with van der Waals surface area (Å²) in [5.41, 5.74) is 7.92. The lowest BCUT2D eigenvalue weighted by Crippen LogP contribution is -2.49. The number of nitrogens with zero attached hydrogens (tertiary/aromatic N) is 2. The normalized spacial score (nSPS) is 14.5. The van der Waals surface area contributed by atoms with Gasteiger partial charge in [0.1, 0.15) is 5.69 Å². The van der Waals surface area contributed by atoms with Crippen LogP contribution >= 0.6 is 23.2 Å². The number of H-pyrrole nitrogens is 1. The number of amides is 2. The Morgan fingerprint density at radius 3 is 2.29 bits per heavy atom. The lowest BCUT2D eigenvalue weighted by atomic mass is 10.1. The Kier molecular flexibility index (Phi) is 4.91. The Labute approximate surface area is 171 Å². The highest BCUT2D eigenvalue weighted by Crippen LogP contribution is 2.30. The predicted octanol–water partition coefficient (Wildman–Crippen LogP) is 3.54. The second-order valence-electron chi connectivity index (χ2n) is 6.69. The number of halogens is 2. The van der Waals surface area contributed by atoms with Gasteiger partial charge >= 0.3 is 0 Å². The molecule has 144 valence electrons. The highest BCUT2D eigenvalue weighted by atomic mass is 35.5. The molecular formula is C20H18Cl2N4O2. The number of carbonyl (C=O) groups excluding carboxylic acids is 2. The number of primary amides is 1. The van der Waals surface area contributed by atoms with Gasteiger partial charge in [-0.15, -0.1) is 0 Å². The molecule has 0 unspecified atom stereocenters. The van der Waals surface area contributed by atoms with Gasteiger partial charge in [0.05, 0.1) is 5.02 Å². The Morgan fingerprint density at radius 1 is 0.964 bits per heavy atom. The van der Waals surface area contributed by atoms with Crippen LogP contribution in [0.2, 0.25) is 10.0 Å². The van der Waals surface area contributed by atoms with Crippen molar-refractivity contribution in [1.82, 2.24) is 9.88 Å². The van der Waals surface area contributed by atoms with Gasteiger partial charge in [-0.25, -0.2) is 0 Å². The maximum Gasteiger partial charge on any atom is 0.271 e. The number of carbonyl (C=O) groups is 2. The van der Waals surface area contributed by atoms with Crippen molar-refractivity contribution in [2.75, 3.05) is 31.1 Å². The molecule has 0 radical (unpaired) electrons. The number of piperazine rings is 1. The predicted molar refractivity (Wildman–Crippen MR) is 111 cm³/mol. The van der Waals surface area contributed by atoms with Crippen LogP contribution < -0.4 is 10.6 Å². The minimum Gasteiger partial charge on any atom is -0.368 e. The van der Waals surface area contributed by atoms with Gasteiger partial charge in [-0.05, 0) is 42.5 Å². The molecule has 2 heterocycles. The van der Waals surface area contributed by atoms with Crippen LogP contribution in [0.3, 0.4) is 0 Å². The SMILES string of the molecule is NC(=O)c1ccc(N2CCN(C(=O)c3[nH]c4ccc(Cl)cc4c3Cl)CC2)cc1. The summed E-state index contributed by atoms with van der Waals surface area (Å²) >= 11 is 12.5. The fourth-order valence-electron chi connectivity index (χ4n) is 3.44. The van der Waals surface area contributed by atoms with E-state index in [0.29, 0.717) is 47.5 Å². The summed E-state index contributed by atoms with van der Waals surface area (Å²) < 4.78 is 0. The first kappa shape index (κ1) is 18.7. The van der Waals surface area contributed by atoms with Crippen molar-refractivity contribution in [1.29, 1.82) is 0 Å². The molecule has 2 amide bonds. The molecule has 1 aliphatic heterocycles. The van der Waals surface area contributed by atoms with Gasteiger partial charge in [0, 0.05) is 53.4 Å². The van der Waals surface area contributed by atoms with Gasteiger partial charge < -0.3 is 20.5 Å². The molecule has 1 saturated heterocycles. The number of anilines is 1. The summed E-state index contributed by atoms with van der Waals surface area (Å²) in [7, 11) is 0. The van der Waals surface area contributed by atoms with Crippen molar-refractivity contribution in [3.8, 4) is 0 Å². The van der Waals surface area contributed by atoms with Crippen LogP contribution in [0.15, 0.2) is 42.5 Å². The number of aromatic amines is 1. The minimum atomic E-state index is -0.446. The van der Waals surface area contributed by atoms with Crippen LogP contribution in [0.1, 0.15) is 20.8 Å². The fraction of sp³-hybridized carbons (Fsp3) is 0.200. The van der Waals surface area contributed by atoms with Crippen LogP contribution in [0.25, 0.3) is 10.9 Å². The number of nitrogens with two attached hydrogens (primary N) is 1. The average molecular weight is 417 g/mol. The first-order valence-electron chi connectivity index (χ1n) is 8.85. The molecule has 1 fully saturated rings. The standard InChI is InChI=1S/C20H18Cl2N4O2/c21-13-3-6-16-15(11-13)17(22)18(24-16)20(28)26-9-7-25(8-10-26)14-4-1-12(2-5-14)19(23)27/h1-6,11,24H,7-10H2,(H2,23,27). The quantitative estimate of drug-likeness (QED) is 0.684. The Balaban J connectivity index is 1.47. The molecule has 2 aromatic carbocycles. The molecule has 0 saturated carbocycles. The maximum atomic E-state index is 12.9. The first-order valence-corrected chi connectivity index (χ1v) is 9.60. The Morgan fingerprint density at radius 2 is 1.64 bits per heavy atom. The molecule has 8 heteroatoms. The van der Waals surface area contributed by atoms with E-state index < -0.39 is 5.91 Å². The summed E-state index contributed by atoms with van der Waals surface area (Å²) in [6, 6.07) is 12.5. The second kappa shape index (κ2) is 7.37. The van der Waals surface area contributed by atoms with E-state index in [4.69, 9.17) is 28.9 Å². The van der Waals surface area contributed by atoms with Crippen LogP contribution in [0.4, 0.5) is 5.69 Å². The van der Waals surface area contributed by atoms with E-state index in [9.17, 15) is 9.59 Å². The van der Waals surface area contributed by atoms with Crippen LogP contribution in [0, 0.1) is 0 Å². The monoisotopic (exact) mass is 416 g/mol. The molecule has 0 atom stereocenters. The van der Waals surface area contributed by atoms with E-state index in [1.165, 1.54) is 0 Å². The number of fused-ring (bicyclic) bond motifs is 1. The maximum absolute atomic E-state index is 12.9. The van der Waals surface area contributed by atoms with Crippen molar-refractivity contribution in [2.45, 2.75) is 0 Å². The second-order valence-corrected chi connectivity index (χ2v) is 7.51. The van der Waals surface area contributed by atoms with Gasteiger partial charge in [0.25, 0.3) is 5.91 Å².